The van der Waals surface area contributed by atoms with Crippen LogP contribution < -0.4 is 0 Å². The first-order chi connectivity index (χ1) is 14.1. The van der Waals surface area contributed by atoms with E-state index < -0.39 is 21.9 Å². The molecule has 4 aromatic rings. The fourth-order valence-corrected chi connectivity index (χ4v) is 4.92. The second-order valence-electron chi connectivity index (χ2n) is 6.23. The molecule has 0 aliphatic carbocycles. The highest BCUT2D eigenvalue weighted by atomic mass is 35.5. The van der Waals surface area contributed by atoms with Crippen LogP contribution in [0.15, 0.2) is 59.6 Å². The van der Waals surface area contributed by atoms with Crippen molar-refractivity contribution in [2.75, 3.05) is 0 Å². The first-order valence-corrected chi connectivity index (χ1v) is 11.0. The van der Waals surface area contributed by atoms with Gasteiger partial charge in [0.2, 0.25) is 0 Å². The Kier molecular flexibility index (Phi) is 4.99. The summed E-state index contributed by atoms with van der Waals surface area (Å²) in [4.78, 5) is 1.13. The Morgan fingerprint density at radius 3 is 2.20 bits per heavy atom. The molecule has 3 heterocycles. The molecule has 0 saturated heterocycles. The van der Waals surface area contributed by atoms with Crippen molar-refractivity contribution < 1.29 is 21.6 Å². The molecule has 0 aliphatic heterocycles. The summed E-state index contributed by atoms with van der Waals surface area (Å²) >= 11 is 6.96. The van der Waals surface area contributed by atoms with E-state index in [1.54, 1.807) is 12.1 Å². The van der Waals surface area contributed by atoms with Crippen LogP contribution in [0.3, 0.4) is 0 Å². The summed E-state index contributed by atoms with van der Waals surface area (Å²) in [5.41, 5.74) is -0.309. The van der Waals surface area contributed by atoms with Gasteiger partial charge in [0.1, 0.15) is 17.1 Å². The lowest BCUT2D eigenvalue weighted by atomic mass is 10.3. The van der Waals surface area contributed by atoms with Crippen molar-refractivity contribution in [2.45, 2.75) is 11.1 Å². The van der Waals surface area contributed by atoms with E-state index in [1.807, 2.05) is 0 Å². The van der Waals surface area contributed by atoms with E-state index in [0.717, 1.165) is 26.2 Å². The molecule has 0 bridgehead atoms. The van der Waals surface area contributed by atoms with Gasteiger partial charge in [0.15, 0.2) is 0 Å². The molecule has 0 N–H and O–H groups in total. The number of rotatable bonds is 4. The lowest BCUT2D eigenvalue weighted by Gasteiger charge is -2.04. The van der Waals surface area contributed by atoms with E-state index in [1.165, 1.54) is 43.6 Å². The molecule has 1 aromatic carbocycles. The van der Waals surface area contributed by atoms with Crippen LogP contribution in [-0.2, 0) is 23.2 Å². The fourth-order valence-electron chi connectivity index (χ4n) is 2.75. The predicted octanol–water partition coefficient (Wildman–Crippen LogP) is 4.92. The fraction of sp³-hybridized carbons (Fsp3) is 0.111. The normalized spacial score (nSPS) is 12.4. The second-order valence-corrected chi connectivity index (χ2v) is 9.55. The van der Waals surface area contributed by atoms with Gasteiger partial charge in [-0.1, -0.05) is 11.6 Å². The van der Waals surface area contributed by atoms with Gasteiger partial charge >= 0.3 is 6.18 Å². The monoisotopic (exact) mass is 472 g/mol. The van der Waals surface area contributed by atoms with Crippen molar-refractivity contribution in [1.82, 2.24) is 19.0 Å². The number of halogens is 4. The van der Waals surface area contributed by atoms with E-state index in [2.05, 4.69) is 10.2 Å². The zero-order valence-electron chi connectivity index (χ0n) is 15.1. The predicted molar refractivity (Wildman–Crippen MR) is 107 cm³/mol. The van der Waals surface area contributed by atoms with Crippen LogP contribution in [-0.4, -0.2) is 27.4 Å². The Balaban J connectivity index is 1.64. The van der Waals surface area contributed by atoms with Crippen molar-refractivity contribution in [3.05, 3.63) is 65.4 Å². The third kappa shape index (κ3) is 3.75. The standard InChI is InChI=1S/C18H12ClF3N4O2S2/c1-25-17(18(20,21)22)10-14(23-25)16-7-6-15(29-16)13-8-9-26(24-13)30(27,28)12-4-2-11(19)3-5-12/h2-10H,1H3. The smallest absolute Gasteiger partial charge is 0.263 e. The molecule has 3 aromatic heterocycles. The minimum absolute atomic E-state index is 0.0292. The summed E-state index contributed by atoms with van der Waals surface area (Å²) < 4.78 is 66.0. The van der Waals surface area contributed by atoms with Crippen molar-refractivity contribution in [3.8, 4) is 21.1 Å². The first kappa shape index (κ1) is 20.6. The molecule has 156 valence electrons. The number of aromatic nitrogens is 4. The lowest BCUT2D eigenvalue weighted by molar-refractivity contribution is -0.143. The largest absolute Gasteiger partial charge is 0.433 e. The van der Waals surface area contributed by atoms with Gasteiger partial charge in [-0.2, -0.15) is 35.9 Å². The molecule has 4 rings (SSSR count). The van der Waals surface area contributed by atoms with Gasteiger partial charge in [0.05, 0.1) is 14.6 Å². The zero-order chi connectivity index (χ0) is 21.7. The maximum Gasteiger partial charge on any atom is 0.433 e. The maximum absolute atomic E-state index is 13.0. The number of thiophene rings is 1. The van der Waals surface area contributed by atoms with Crippen LogP contribution in [0, 0.1) is 0 Å². The molecule has 0 saturated carbocycles. The van der Waals surface area contributed by atoms with Crippen LogP contribution >= 0.6 is 22.9 Å². The molecule has 0 amide bonds. The van der Waals surface area contributed by atoms with Gasteiger partial charge in [0, 0.05) is 18.3 Å². The molecule has 0 aliphatic rings. The highest BCUT2D eigenvalue weighted by Crippen LogP contribution is 2.36. The summed E-state index contributed by atoms with van der Waals surface area (Å²) in [6.45, 7) is 0. The highest BCUT2D eigenvalue weighted by Gasteiger charge is 2.35. The van der Waals surface area contributed by atoms with Crippen molar-refractivity contribution >= 4 is 33.0 Å². The van der Waals surface area contributed by atoms with Gasteiger partial charge in [-0.25, -0.2) is 0 Å². The maximum atomic E-state index is 13.0. The third-order valence-corrected chi connectivity index (χ3v) is 7.15. The highest BCUT2D eigenvalue weighted by molar-refractivity contribution is 7.89. The van der Waals surface area contributed by atoms with E-state index in [4.69, 9.17) is 11.6 Å². The Labute approximate surface area is 178 Å². The summed E-state index contributed by atoms with van der Waals surface area (Å²) in [6, 6.07) is 11.4. The number of hydrogen-bond donors (Lipinski definition) is 0. The summed E-state index contributed by atoms with van der Waals surface area (Å²) in [6.07, 6.45) is -3.20. The molecular weight excluding hydrogens is 461 g/mol. The average Bonchev–Trinajstić information content (AvgIpc) is 3.40. The van der Waals surface area contributed by atoms with Crippen LogP contribution in [0.25, 0.3) is 21.1 Å². The van der Waals surface area contributed by atoms with E-state index in [-0.39, 0.29) is 10.6 Å². The molecule has 0 spiro atoms. The summed E-state index contributed by atoms with van der Waals surface area (Å²) in [7, 11) is -2.67. The SMILES string of the molecule is Cn1nc(-c2ccc(-c3ccn(S(=O)(=O)c4ccc(Cl)cc4)n3)s2)cc1C(F)(F)F. The molecule has 0 atom stereocenters. The minimum Gasteiger partial charge on any atom is -0.263 e. The number of hydrogen-bond acceptors (Lipinski definition) is 5. The van der Waals surface area contributed by atoms with Gasteiger partial charge in [0.25, 0.3) is 10.0 Å². The number of benzene rings is 1. The van der Waals surface area contributed by atoms with Crippen LogP contribution in [0.2, 0.25) is 5.02 Å². The molecular formula is C18H12ClF3N4O2S2. The first-order valence-electron chi connectivity index (χ1n) is 8.34. The molecule has 30 heavy (non-hydrogen) atoms. The Morgan fingerprint density at radius 1 is 0.967 bits per heavy atom. The van der Waals surface area contributed by atoms with Crippen LogP contribution in [0.5, 0.6) is 0 Å². The molecule has 6 nitrogen and oxygen atoms in total. The number of aryl methyl sites for hydroxylation is 1. The van der Waals surface area contributed by atoms with Crippen molar-refractivity contribution in [3.63, 3.8) is 0 Å². The molecule has 0 fully saturated rings. The van der Waals surface area contributed by atoms with Gasteiger partial charge in [-0.15, -0.1) is 11.3 Å². The van der Waals surface area contributed by atoms with E-state index in [9.17, 15) is 21.6 Å². The van der Waals surface area contributed by atoms with E-state index in [0.29, 0.717) is 20.5 Å². The molecule has 0 unspecified atom stereocenters. The Morgan fingerprint density at radius 2 is 1.60 bits per heavy atom. The average molecular weight is 473 g/mol. The molecule has 12 heteroatoms. The Bertz CT molecular complexity index is 1320. The minimum atomic E-state index is -4.51. The molecule has 0 radical (unpaired) electrons. The van der Waals surface area contributed by atoms with Gasteiger partial charge in [-0.05, 0) is 48.5 Å². The topological polar surface area (TPSA) is 69.8 Å². The number of nitrogens with zero attached hydrogens (tertiary/aromatic N) is 4. The van der Waals surface area contributed by atoms with Crippen LogP contribution in [0.4, 0.5) is 13.2 Å². The third-order valence-electron chi connectivity index (χ3n) is 4.21. The van der Waals surface area contributed by atoms with Gasteiger partial charge < -0.3 is 0 Å². The Hall–Kier alpha value is -2.63. The second kappa shape index (κ2) is 7.25. The quantitative estimate of drug-likeness (QED) is 0.422. The van der Waals surface area contributed by atoms with Crippen molar-refractivity contribution in [1.29, 1.82) is 0 Å². The summed E-state index contributed by atoms with van der Waals surface area (Å²) in [5, 5.41) is 8.45. The number of alkyl halides is 3. The summed E-state index contributed by atoms with van der Waals surface area (Å²) in [5.74, 6) is 0. The van der Waals surface area contributed by atoms with Crippen molar-refractivity contribution in [2.24, 2.45) is 7.05 Å². The van der Waals surface area contributed by atoms with Crippen LogP contribution in [0.1, 0.15) is 5.69 Å². The van der Waals surface area contributed by atoms with E-state index >= 15 is 0 Å². The van der Waals surface area contributed by atoms with Gasteiger partial charge in [-0.3, -0.25) is 4.68 Å². The zero-order valence-corrected chi connectivity index (χ0v) is 17.5. The lowest BCUT2D eigenvalue weighted by Crippen LogP contribution is -2.13.